The third-order valence-electron chi connectivity index (χ3n) is 2.70. The molecule has 1 fully saturated rings. The molecule has 0 aromatic carbocycles. The molecule has 0 radical (unpaired) electrons. The molecule has 0 aromatic heterocycles. The lowest BCUT2D eigenvalue weighted by molar-refractivity contribution is 0.00959. The van der Waals surface area contributed by atoms with Crippen LogP contribution >= 0.6 is 0 Å². The topological polar surface area (TPSA) is 43.7 Å². The molecule has 3 nitrogen and oxygen atoms in total. The van der Waals surface area contributed by atoms with Crippen LogP contribution in [0.2, 0.25) is 0 Å². The summed E-state index contributed by atoms with van der Waals surface area (Å²) in [5, 5.41) is 18.7. The van der Waals surface area contributed by atoms with Gasteiger partial charge in [0.1, 0.15) is 0 Å². The van der Waals surface area contributed by atoms with E-state index in [1.807, 2.05) is 6.92 Å². The smallest absolute Gasteiger partial charge is 0.0667 e. The van der Waals surface area contributed by atoms with E-state index in [2.05, 4.69) is 4.90 Å². The van der Waals surface area contributed by atoms with Crippen LogP contribution in [-0.4, -0.2) is 46.5 Å². The zero-order valence-electron chi connectivity index (χ0n) is 7.90. The van der Waals surface area contributed by atoms with Gasteiger partial charge in [-0.15, -0.1) is 0 Å². The monoisotopic (exact) mass is 173 g/mol. The van der Waals surface area contributed by atoms with Gasteiger partial charge in [-0.3, -0.25) is 4.90 Å². The van der Waals surface area contributed by atoms with Crippen LogP contribution in [0.25, 0.3) is 0 Å². The van der Waals surface area contributed by atoms with Gasteiger partial charge in [0.15, 0.2) is 0 Å². The third kappa shape index (κ3) is 2.44. The van der Waals surface area contributed by atoms with Crippen molar-refractivity contribution in [3.8, 4) is 0 Å². The summed E-state index contributed by atoms with van der Waals surface area (Å²) in [4.78, 5) is 2.15. The van der Waals surface area contributed by atoms with Crippen molar-refractivity contribution in [2.24, 2.45) is 0 Å². The van der Waals surface area contributed by atoms with Crippen LogP contribution in [0.4, 0.5) is 0 Å². The molecule has 1 aliphatic rings. The van der Waals surface area contributed by atoms with Gasteiger partial charge in [-0.2, -0.15) is 0 Å². The molecule has 3 atom stereocenters. The first-order valence-electron chi connectivity index (χ1n) is 4.71. The number of hydrogen-bond donors (Lipinski definition) is 2. The minimum absolute atomic E-state index is 0.167. The van der Waals surface area contributed by atoms with E-state index in [1.165, 1.54) is 0 Å². The lowest BCUT2D eigenvalue weighted by Gasteiger charge is -2.36. The van der Waals surface area contributed by atoms with Crippen LogP contribution in [0.3, 0.4) is 0 Å². The quantitative estimate of drug-likeness (QED) is 0.627. The molecule has 1 saturated heterocycles. The minimum atomic E-state index is -0.310. The Bertz CT molecular complexity index is 138. The highest BCUT2D eigenvalue weighted by molar-refractivity contribution is 4.78. The molecule has 1 heterocycles. The van der Waals surface area contributed by atoms with E-state index >= 15 is 0 Å². The standard InChI is InChI=1S/C9H19NO2/c1-7(8(2)11)10-5-3-4-9(12)6-10/h7-9,11-12H,3-6H2,1-2H3/t7?,8?,9-/m0/s1. The summed E-state index contributed by atoms with van der Waals surface area (Å²) in [5.74, 6) is 0. The summed E-state index contributed by atoms with van der Waals surface area (Å²) in [5.41, 5.74) is 0. The van der Waals surface area contributed by atoms with Crippen LogP contribution in [0.15, 0.2) is 0 Å². The van der Waals surface area contributed by atoms with Crippen molar-refractivity contribution < 1.29 is 10.2 Å². The summed E-state index contributed by atoms with van der Waals surface area (Å²) >= 11 is 0. The van der Waals surface area contributed by atoms with Crippen molar-refractivity contribution in [2.75, 3.05) is 13.1 Å². The average Bonchev–Trinajstić information content (AvgIpc) is 2.03. The number of likely N-dealkylation sites (tertiary alicyclic amines) is 1. The van der Waals surface area contributed by atoms with Crippen molar-refractivity contribution in [3.05, 3.63) is 0 Å². The van der Waals surface area contributed by atoms with Crippen molar-refractivity contribution in [2.45, 2.75) is 44.9 Å². The largest absolute Gasteiger partial charge is 0.392 e. The third-order valence-corrected chi connectivity index (χ3v) is 2.70. The maximum Gasteiger partial charge on any atom is 0.0667 e. The zero-order valence-corrected chi connectivity index (χ0v) is 7.90. The van der Waals surface area contributed by atoms with Crippen LogP contribution in [0.1, 0.15) is 26.7 Å². The van der Waals surface area contributed by atoms with Crippen LogP contribution < -0.4 is 0 Å². The number of hydrogen-bond acceptors (Lipinski definition) is 3. The van der Waals surface area contributed by atoms with E-state index < -0.39 is 0 Å². The summed E-state index contributed by atoms with van der Waals surface area (Å²) in [6, 6.07) is 0.167. The Labute approximate surface area is 74.0 Å². The highest BCUT2D eigenvalue weighted by atomic mass is 16.3. The van der Waals surface area contributed by atoms with E-state index in [-0.39, 0.29) is 18.2 Å². The lowest BCUT2D eigenvalue weighted by atomic mass is 10.0. The Morgan fingerprint density at radius 3 is 2.58 bits per heavy atom. The average molecular weight is 173 g/mol. The van der Waals surface area contributed by atoms with Crippen molar-refractivity contribution >= 4 is 0 Å². The maximum atomic E-state index is 9.39. The van der Waals surface area contributed by atoms with Crippen molar-refractivity contribution in [3.63, 3.8) is 0 Å². The number of nitrogens with zero attached hydrogens (tertiary/aromatic N) is 1. The van der Waals surface area contributed by atoms with Gasteiger partial charge in [-0.25, -0.2) is 0 Å². The molecular formula is C9H19NO2. The lowest BCUT2D eigenvalue weighted by Crippen LogP contribution is -2.47. The van der Waals surface area contributed by atoms with Gasteiger partial charge in [0.25, 0.3) is 0 Å². The first-order valence-corrected chi connectivity index (χ1v) is 4.71. The van der Waals surface area contributed by atoms with Gasteiger partial charge in [-0.05, 0) is 33.2 Å². The highest BCUT2D eigenvalue weighted by Crippen LogP contribution is 2.14. The second kappa shape index (κ2) is 4.21. The van der Waals surface area contributed by atoms with Gasteiger partial charge in [0.2, 0.25) is 0 Å². The molecule has 0 amide bonds. The molecule has 0 bridgehead atoms. The molecule has 12 heavy (non-hydrogen) atoms. The van der Waals surface area contributed by atoms with E-state index in [4.69, 9.17) is 0 Å². The van der Waals surface area contributed by atoms with E-state index in [9.17, 15) is 10.2 Å². The zero-order chi connectivity index (χ0) is 9.14. The molecule has 0 aliphatic carbocycles. The van der Waals surface area contributed by atoms with Gasteiger partial charge < -0.3 is 10.2 Å². The minimum Gasteiger partial charge on any atom is -0.392 e. The molecule has 2 unspecified atom stereocenters. The fourth-order valence-corrected chi connectivity index (χ4v) is 1.66. The van der Waals surface area contributed by atoms with E-state index in [1.54, 1.807) is 6.92 Å². The summed E-state index contributed by atoms with van der Waals surface area (Å²) in [7, 11) is 0. The molecule has 0 aromatic rings. The predicted molar refractivity (Wildman–Crippen MR) is 48.0 cm³/mol. The number of aliphatic hydroxyl groups excluding tert-OH is 2. The second-order valence-corrected chi connectivity index (χ2v) is 3.77. The van der Waals surface area contributed by atoms with Gasteiger partial charge >= 0.3 is 0 Å². The normalized spacial score (nSPS) is 31.5. The first kappa shape index (κ1) is 9.96. The Hall–Kier alpha value is -0.120. The van der Waals surface area contributed by atoms with Crippen molar-refractivity contribution in [1.82, 2.24) is 4.90 Å². The molecule has 1 aliphatic heterocycles. The van der Waals surface area contributed by atoms with Gasteiger partial charge in [0.05, 0.1) is 12.2 Å². The maximum absolute atomic E-state index is 9.39. The molecule has 72 valence electrons. The predicted octanol–water partition coefficient (Wildman–Crippen LogP) is 0.212. The molecule has 3 heteroatoms. The van der Waals surface area contributed by atoms with Gasteiger partial charge in [-0.1, -0.05) is 0 Å². The first-order chi connectivity index (χ1) is 5.61. The van der Waals surface area contributed by atoms with Crippen LogP contribution in [0, 0.1) is 0 Å². The molecule has 0 spiro atoms. The molecule has 1 rings (SSSR count). The fraction of sp³-hybridized carbons (Fsp3) is 1.00. The summed E-state index contributed by atoms with van der Waals surface area (Å²) in [6.07, 6.45) is 1.44. The Balaban J connectivity index is 2.40. The molecular weight excluding hydrogens is 154 g/mol. The van der Waals surface area contributed by atoms with Crippen LogP contribution in [0.5, 0.6) is 0 Å². The fourth-order valence-electron chi connectivity index (χ4n) is 1.66. The SMILES string of the molecule is CC(O)C(C)N1CCC[C@H](O)C1. The Kier molecular flexibility index (Phi) is 3.50. The van der Waals surface area contributed by atoms with Crippen molar-refractivity contribution in [1.29, 1.82) is 0 Å². The van der Waals surface area contributed by atoms with E-state index in [0.29, 0.717) is 6.54 Å². The second-order valence-electron chi connectivity index (χ2n) is 3.77. The Morgan fingerprint density at radius 2 is 2.08 bits per heavy atom. The number of piperidine rings is 1. The summed E-state index contributed by atoms with van der Waals surface area (Å²) < 4.78 is 0. The number of β-amino-alcohol motifs (C(OH)–C–C–N with tert-alkyl or cyclic N) is 1. The van der Waals surface area contributed by atoms with Crippen LogP contribution in [-0.2, 0) is 0 Å². The molecule has 2 N–H and O–H groups in total. The van der Waals surface area contributed by atoms with Gasteiger partial charge in [0, 0.05) is 12.6 Å². The highest BCUT2D eigenvalue weighted by Gasteiger charge is 2.24. The summed E-state index contributed by atoms with van der Waals surface area (Å²) in [6.45, 7) is 5.52. The number of rotatable bonds is 2. The number of aliphatic hydroxyl groups is 2. The molecule has 0 saturated carbocycles. The Morgan fingerprint density at radius 1 is 1.42 bits per heavy atom. The van der Waals surface area contributed by atoms with E-state index in [0.717, 1.165) is 19.4 Å².